The predicted molar refractivity (Wildman–Crippen MR) is 39.5 cm³/mol. The fourth-order valence-corrected chi connectivity index (χ4v) is 1.71. The Hall–Kier alpha value is -0.610. The average Bonchev–Trinajstić information content (AvgIpc) is 2.65. The Kier molecular flexibility index (Phi) is 1.81. The van der Waals surface area contributed by atoms with Gasteiger partial charge in [0.05, 0.1) is 18.3 Å². The molecule has 0 bridgehead atoms. The number of ether oxygens (including phenoxy) is 2. The fourth-order valence-electron chi connectivity index (χ4n) is 1.71. The molecule has 1 aliphatic heterocycles. The van der Waals surface area contributed by atoms with Crippen molar-refractivity contribution in [3.63, 3.8) is 0 Å². The molecule has 0 spiro atoms. The molecule has 4 heteroatoms. The molecule has 68 valence electrons. The van der Waals surface area contributed by atoms with E-state index in [1.807, 2.05) is 0 Å². The van der Waals surface area contributed by atoms with Crippen LogP contribution >= 0.6 is 0 Å². The van der Waals surface area contributed by atoms with Gasteiger partial charge >= 0.3 is 5.97 Å². The molecule has 0 aromatic carbocycles. The monoisotopic (exact) mass is 172 g/mol. The molecule has 4 atom stereocenters. The molecule has 2 aliphatic rings. The highest BCUT2D eigenvalue weighted by Crippen LogP contribution is 2.37. The molecule has 4 unspecified atom stereocenters. The molecule has 0 aromatic heterocycles. The zero-order valence-corrected chi connectivity index (χ0v) is 6.90. The van der Waals surface area contributed by atoms with Gasteiger partial charge in [-0.05, 0) is 0 Å². The van der Waals surface area contributed by atoms with Crippen molar-refractivity contribution in [1.82, 2.24) is 0 Å². The highest BCUT2D eigenvalue weighted by atomic mass is 16.6. The third-order valence-corrected chi connectivity index (χ3v) is 2.37. The summed E-state index contributed by atoms with van der Waals surface area (Å²) in [4.78, 5) is 10.6. The minimum Gasteiger partial charge on any atom is -0.460 e. The Morgan fingerprint density at radius 1 is 1.50 bits per heavy atom. The van der Waals surface area contributed by atoms with E-state index < -0.39 is 6.10 Å². The van der Waals surface area contributed by atoms with Gasteiger partial charge in [-0.25, -0.2) is 0 Å². The summed E-state index contributed by atoms with van der Waals surface area (Å²) in [7, 11) is 0. The smallest absolute Gasteiger partial charge is 0.302 e. The van der Waals surface area contributed by atoms with E-state index in [9.17, 15) is 9.90 Å². The van der Waals surface area contributed by atoms with Crippen molar-refractivity contribution in [2.45, 2.75) is 44.2 Å². The lowest BCUT2D eigenvalue weighted by Crippen LogP contribution is -2.36. The quantitative estimate of drug-likeness (QED) is 0.441. The van der Waals surface area contributed by atoms with Crippen LogP contribution in [0.2, 0.25) is 0 Å². The molecule has 1 heterocycles. The normalized spacial score (nSPS) is 44.8. The molecule has 4 nitrogen and oxygen atoms in total. The van der Waals surface area contributed by atoms with Crippen molar-refractivity contribution in [3.8, 4) is 0 Å². The molecular formula is C8H12O4. The van der Waals surface area contributed by atoms with Gasteiger partial charge in [-0.2, -0.15) is 0 Å². The number of hydrogen-bond acceptors (Lipinski definition) is 4. The van der Waals surface area contributed by atoms with Gasteiger partial charge in [-0.15, -0.1) is 0 Å². The first kappa shape index (κ1) is 8.01. The lowest BCUT2D eigenvalue weighted by molar-refractivity contribution is -0.153. The van der Waals surface area contributed by atoms with Crippen LogP contribution in [0, 0.1) is 0 Å². The van der Waals surface area contributed by atoms with E-state index in [1.54, 1.807) is 0 Å². The Balaban J connectivity index is 1.91. The number of epoxide rings is 1. The first-order valence-corrected chi connectivity index (χ1v) is 4.17. The third-order valence-electron chi connectivity index (χ3n) is 2.37. The number of hydrogen-bond donors (Lipinski definition) is 1. The first-order valence-electron chi connectivity index (χ1n) is 4.17. The summed E-state index contributed by atoms with van der Waals surface area (Å²) in [5.74, 6) is -0.335. The standard InChI is InChI=1S/C8H12O4/c1-4(9)11-6-3-8-7(12-8)2-5(6)10/h5-8,10H,2-3H2,1H3. The zero-order valence-electron chi connectivity index (χ0n) is 6.90. The fraction of sp³-hybridized carbons (Fsp3) is 0.875. The SMILES string of the molecule is CC(=O)OC1CC2OC2CC1O. The molecule has 1 saturated carbocycles. The lowest BCUT2D eigenvalue weighted by Gasteiger charge is -2.24. The third kappa shape index (κ3) is 1.44. The van der Waals surface area contributed by atoms with Crippen LogP contribution in [0.1, 0.15) is 19.8 Å². The minimum absolute atomic E-state index is 0.215. The molecule has 2 rings (SSSR count). The summed E-state index contributed by atoms with van der Waals surface area (Å²) >= 11 is 0. The zero-order chi connectivity index (χ0) is 8.72. The maximum Gasteiger partial charge on any atom is 0.302 e. The molecule has 12 heavy (non-hydrogen) atoms. The second kappa shape index (κ2) is 2.71. The van der Waals surface area contributed by atoms with E-state index >= 15 is 0 Å². The molecule has 1 aliphatic carbocycles. The molecular weight excluding hydrogens is 160 g/mol. The molecule has 1 N–H and O–H groups in total. The van der Waals surface area contributed by atoms with E-state index in [1.165, 1.54) is 6.92 Å². The Morgan fingerprint density at radius 2 is 2.17 bits per heavy atom. The Labute approximate surface area is 70.5 Å². The van der Waals surface area contributed by atoms with Gasteiger partial charge in [0.15, 0.2) is 0 Å². The number of carbonyl (C=O) groups is 1. The van der Waals surface area contributed by atoms with Crippen LogP contribution < -0.4 is 0 Å². The summed E-state index contributed by atoms with van der Waals surface area (Å²) in [6.45, 7) is 1.35. The molecule has 1 saturated heterocycles. The summed E-state index contributed by atoms with van der Waals surface area (Å²) in [6, 6.07) is 0. The van der Waals surface area contributed by atoms with Crippen LogP contribution in [-0.4, -0.2) is 35.5 Å². The van der Waals surface area contributed by atoms with Crippen LogP contribution in [-0.2, 0) is 14.3 Å². The number of rotatable bonds is 1. The molecule has 0 aromatic rings. The van der Waals surface area contributed by atoms with Crippen LogP contribution in [0.3, 0.4) is 0 Å². The van der Waals surface area contributed by atoms with Gasteiger partial charge in [-0.1, -0.05) is 0 Å². The van der Waals surface area contributed by atoms with Crippen LogP contribution in [0.4, 0.5) is 0 Å². The van der Waals surface area contributed by atoms with Crippen molar-refractivity contribution < 1.29 is 19.4 Å². The van der Waals surface area contributed by atoms with Crippen molar-refractivity contribution >= 4 is 5.97 Å². The largest absolute Gasteiger partial charge is 0.460 e. The predicted octanol–water partition coefficient (Wildman–Crippen LogP) is -0.160. The second-order valence-corrected chi connectivity index (χ2v) is 3.40. The minimum atomic E-state index is -0.544. The lowest BCUT2D eigenvalue weighted by atomic mass is 9.95. The van der Waals surface area contributed by atoms with E-state index in [4.69, 9.17) is 9.47 Å². The van der Waals surface area contributed by atoms with Crippen LogP contribution in [0.15, 0.2) is 0 Å². The second-order valence-electron chi connectivity index (χ2n) is 3.40. The van der Waals surface area contributed by atoms with E-state index in [2.05, 4.69) is 0 Å². The van der Waals surface area contributed by atoms with Gasteiger partial charge in [0, 0.05) is 19.8 Å². The van der Waals surface area contributed by atoms with E-state index in [0.29, 0.717) is 12.8 Å². The number of aliphatic hydroxyl groups is 1. The first-order chi connectivity index (χ1) is 5.66. The van der Waals surface area contributed by atoms with Gasteiger partial charge in [0.1, 0.15) is 6.10 Å². The summed E-state index contributed by atoms with van der Waals surface area (Å²) in [6.07, 6.45) is 0.780. The summed E-state index contributed by atoms with van der Waals surface area (Å²) in [5.41, 5.74) is 0. The maximum absolute atomic E-state index is 10.6. The molecule has 2 fully saturated rings. The summed E-state index contributed by atoms with van der Waals surface area (Å²) in [5, 5.41) is 9.46. The number of aliphatic hydroxyl groups excluding tert-OH is 1. The van der Waals surface area contributed by atoms with Gasteiger partial charge < -0.3 is 14.6 Å². The van der Waals surface area contributed by atoms with Crippen LogP contribution in [0.5, 0.6) is 0 Å². The topological polar surface area (TPSA) is 59.1 Å². The number of carbonyl (C=O) groups excluding carboxylic acids is 1. The highest BCUT2D eigenvalue weighted by molar-refractivity contribution is 5.66. The van der Waals surface area contributed by atoms with Crippen molar-refractivity contribution in [3.05, 3.63) is 0 Å². The average molecular weight is 172 g/mol. The Morgan fingerprint density at radius 3 is 2.83 bits per heavy atom. The molecule has 0 radical (unpaired) electrons. The Bertz CT molecular complexity index is 203. The summed E-state index contributed by atoms with van der Waals surface area (Å²) < 4.78 is 10.1. The van der Waals surface area contributed by atoms with Gasteiger partial charge in [-0.3, -0.25) is 4.79 Å². The van der Waals surface area contributed by atoms with E-state index in [-0.39, 0.29) is 24.3 Å². The maximum atomic E-state index is 10.6. The number of esters is 1. The molecule has 0 amide bonds. The van der Waals surface area contributed by atoms with Crippen LogP contribution in [0.25, 0.3) is 0 Å². The number of fused-ring (bicyclic) bond motifs is 1. The van der Waals surface area contributed by atoms with Gasteiger partial charge in [0.25, 0.3) is 0 Å². The van der Waals surface area contributed by atoms with E-state index in [0.717, 1.165) is 0 Å². The van der Waals surface area contributed by atoms with Crippen molar-refractivity contribution in [2.24, 2.45) is 0 Å². The van der Waals surface area contributed by atoms with Crippen molar-refractivity contribution in [2.75, 3.05) is 0 Å². The van der Waals surface area contributed by atoms with Crippen molar-refractivity contribution in [1.29, 1.82) is 0 Å². The highest BCUT2D eigenvalue weighted by Gasteiger charge is 2.49. The van der Waals surface area contributed by atoms with Gasteiger partial charge in [0.2, 0.25) is 0 Å².